The number of carbonyl (C=O) groups is 1. The first-order chi connectivity index (χ1) is 11.2. The lowest BCUT2D eigenvalue weighted by atomic mass is 10.1. The Kier molecular flexibility index (Phi) is 7.78. The average molecular weight is 578 g/mol. The molecule has 11 heteroatoms. The molecule has 0 aliphatic rings. The molecule has 0 aliphatic heterocycles. The average Bonchev–Trinajstić information content (AvgIpc) is 2.54. The summed E-state index contributed by atoms with van der Waals surface area (Å²) in [5.41, 5.74) is 0.547. The third-order valence-electron chi connectivity index (χ3n) is 2.52. The number of halogens is 2. The minimum absolute atomic E-state index is 0.0750. The summed E-state index contributed by atoms with van der Waals surface area (Å²) in [6.45, 7) is 0.0977. The van der Waals surface area contributed by atoms with Gasteiger partial charge in [0, 0.05) is 60.7 Å². The lowest BCUT2D eigenvalue weighted by Gasteiger charge is -2.13. The van der Waals surface area contributed by atoms with Crippen LogP contribution in [0.4, 0.5) is 0 Å². The van der Waals surface area contributed by atoms with Gasteiger partial charge in [0.05, 0.1) is 5.69 Å². The molecule has 0 radical (unpaired) electrons. The Morgan fingerprint density at radius 1 is 1.22 bits per heavy atom. The highest BCUT2D eigenvalue weighted by molar-refractivity contribution is 14.2. The fourth-order valence-corrected chi connectivity index (χ4v) is 3.20. The van der Waals surface area contributed by atoms with Crippen LogP contribution in [0.5, 0.6) is 17.2 Å². The monoisotopic (exact) mass is 578 g/mol. The quantitative estimate of drug-likeness (QED) is 0.359. The highest BCUT2D eigenvalue weighted by Gasteiger charge is 2.21. The summed E-state index contributed by atoms with van der Waals surface area (Å²) in [6, 6.07) is 4.68. The van der Waals surface area contributed by atoms with Crippen LogP contribution in [0.3, 0.4) is 0 Å². The van der Waals surface area contributed by atoms with E-state index in [1.807, 2.05) is 42.4 Å². The van der Waals surface area contributed by atoms with Crippen LogP contribution in [-0.2, 0) is 6.61 Å². The molecule has 0 amide bonds. The van der Waals surface area contributed by atoms with E-state index in [1.165, 1.54) is 18.5 Å². The summed E-state index contributed by atoms with van der Waals surface area (Å²) in [5, 5.41) is 9.45. The van der Waals surface area contributed by atoms with Crippen LogP contribution < -0.4 is 13.1 Å². The largest absolute Gasteiger partial charge is 0.486 e. The predicted octanol–water partition coefficient (Wildman–Crippen LogP) is 4.51. The van der Waals surface area contributed by atoms with Crippen molar-refractivity contribution in [3.05, 3.63) is 42.0 Å². The first kappa shape index (κ1) is 18.7. The van der Waals surface area contributed by atoms with Crippen LogP contribution in [0.15, 0.2) is 30.7 Å². The SMILES string of the molecule is O=C(O)c1c(OCc2ccncn2)cc(OSI)cc1OSI. The maximum Gasteiger partial charge on any atom is 0.343 e. The number of hydrogen-bond donors (Lipinski definition) is 1. The van der Waals surface area contributed by atoms with Gasteiger partial charge in [0.25, 0.3) is 0 Å². The second kappa shape index (κ2) is 9.58. The van der Waals surface area contributed by atoms with Gasteiger partial charge in [-0.15, -0.1) is 0 Å². The van der Waals surface area contributed by atoms with Crippen molar-refractivity contribution in [2.45, 2.75) is 6.61 Å². The van der Waals surface area contributed by atoms with E-state index in [-0.39, 0.29) is 23.7 Å². The van der Waals surface area contributed by atoms with Gasteiger partial charge < -0.3 is 18.2 Å². The smallest absolute Gasteiger partial charge is 0.343 e. The third-order valence-corrected chi connectivity index (χ3v) is 4.10. The van der Waals surface area contributed by atoms with Gasteiger partial charge in [-0.25, -0.2) is 14.8 Å². The summed E-state index contributed by atoms with van der Waals surface area (Å²) >= 11 is 3.86. The van der Waals surface area contributed by atoms with E-state index >= 15 is 0 Å². The van der Waals surface area contributed by atoms with Gasteiger partial charge in [-0.3, -0.25) is 0 Å². The molecule has 0 bridgehead atoms. The zero-order valence-corrected chi connectivity index (χ0v) is 17.1. The Hall–Kier alpha value is -0.670. The molecule has 1 aromatic heterocycles. The van der Waals surface area contributed by atoms with Gasteiger partial charge in [-0.2, -0.15) is 0 Å². The molecule has 0 aliphatic carbocycles. The lowest BCUT2D eigenvalue weighted by Crippen LogP contribution is -2.06. The van der Waals surface area contributed by atoms with E-state index in [9.17, 15) is 9.90 Å². The van der Waals surface area contributed by atoms with Crippen molar-refractivity contribution in [3.63, 3.8) is 0 Å². The van der Waals surface area contributed by atoms with E-state index in [1.54, 1.807) is 12.3 Å². The number of benzene rings is 1. The first-order valence-electron chi connectivity index (χ1n) is 5.85. The van der Waals surface area contributed by atoms with Crippen LogP contribution in [0.2, 0.25) is 0 Å². The van der Waals surface area contributed by atoms with Crippen molar-refractivity contribution in [1.82, 2.24) is 9.97 Å². The Labute approximate surface area is 164 Å². The van der Waals surface area contributed by atoms with Gasteiger partial charge in [0.2, 0.25) is 0 Å². The zero-order valence-electron chi connectivity index (χ0n) is 11.1. The Bertz CT molecular complexity index is 678. The van der Waals surface area contributed by atoms with Crippen molar-refractivity contribution in [3.8, 4) is 17.2 Å². The number of rotatable bonds is 8. The van der Waals surface area contributed by atoms with Gasteiger partial charge in [-0.1, -0.05) is 0 Å². The summed E-state index contributed by atoms with van der Waals surface area (Å²) in [4.78, 5) is 19.4. The fraction of sp³-hybridized carbons (Fsp3) is 0.0833. The van der Waals surface area contributed by atoms with Crippen molar-refractivity contribution in [2.24, 2.45) is 0 Å². The molecule has 0 saturated carbocycles. The number of carboxylic acid groups (broad SMARTS) is 1. The highest BCUT2D eigenvalue weighted by atomic mass is 127. The second-order valence-electron chi connectivity index (χ2n) is 3.88. The summed E-state index contributed by atoms with van der Waals surface area (Å²) in [7, 11) is 2.10. The first-order valence-corrected chi connectivity index (χ1v) is 12.4. The Morgan fingerprint density at radius 2 is 1.96 bits per heavy atom. The molecule has 122 valence electrons. The Balaban J connectivity index is 2.35. The van der Waals surface area contributed by atoms with Crippen molar-refractivity contribution < 1.29 is 23.0 Å². The van der Waals surface area contributed by atoms with Crippen LogP contribution in [0.1, 0.15) is 16.1 Å². The summed E-state index contributed by atoms with van der Waals surface area (Å²) in [5.74, 6) is -0.443. The molecule has 1 N–H and O–H groups in total. The second-order valence-corrected chi connectivity index (χ2v) is 6.62. The molecular formula is C12H8I2N2O5S2. The van der Waals surface area contributed by atoms with Crippen LogP contribution in [-0.4, -0.2) is 21.0 Å². The van der Waals surface area contributed by atoms with Gasteiger partial charge in [-0.05, 0) is 6.07 Å². The number of aromatic carboxylic acids is 1. The molecule has 0 atom stereocenters. The van der Waals surface area contributed by atoms with E-state index in [4.69, 9.17) is 13.1 Å². The van der Waals surface area contributed by atoms with Gasteiger partial charge in [0.1, 0.15) is 48.4 Å². The van der Waals surface area contributed by atoms with Crippen LogP contribution in [0.25, 0.3) is 0 Å². The molecule has 1 aromatic carbocycles. The summed E-state index contributed by atoms with van der Waals surface area (Å²) < 4.78 is 16.2. The molecule has 7 nitrogen and oxygen atoms in total. The molecule has 23 heavy (non-hydrogen) atoms. The van der Waals surface area contributed by atoms with E-state index < -0.39 is 5.97 Å². The maximum absolute atomic E-state index is 11.6. The standard InChI is InChI=1S/C12H8I2N2O5S2/c13-22-20-8-3-9(19-5-7-1-2-15-6-16-7)11(12(17)18)10(4-8)21-23-14/h1-4,6H,5H2,(H,17,18). The van der Waals surface area contributed by atoms with Crippen molar-refractivity contribution >= 4 is 66.8 Å². The summed E-state index contributed by atoms with van der Waals surface area (Å²) in [6.07, 6.45) is 2.97. The van der Waals surface area contributed by atoms with Crippen LogP contribution in [0, 0.1) is 0 Å². The lowest BCUT2D eigenvalue weighted by molar-refractivity contribution is 0.0690. The molecule has 0 fully saturated rings. The number of hydrogen-bond acceptors (Lipinski definition) is 8. The third kappa shape index (κ3) is 5.42. The minimum atomic E-state index is -1.16. The molecule has 1 heterocycles. The van der Waals surface area contributed by atoms with E-state index in [2.05, 4.69) is 9.97 Å². The maximum atomic E-state index is 11.6. The topological polar surface area (TPSA) is 90.8 Å². The molecule has 0 saturated heterocycles. The molecule has 2 rings (SSSR count). The van der Waals surface area contributed by atoms with E-state index in [0.29, 0.717) is 11.4 Å². The number of carboxylic acids is 1. The fourth-order valence-electron chi connectivity index (χ4n) is 1.63. The molecule has 2 aromatic rings. The van der Waals surface area contributed by atoms with Gasteiger partial charge >= 0.3 is 5.97 Å². The number of aromatic nitrogens is 2. The van der Waals surface area contributed by atoms with Gasteiger partial charge in [0.15, 0.2) is 5.75 Å². The molecule has 0 spiro atoms. The predicted molar refractivity (Wildman–Crippen MR) is 104 cm³/mol. The number of nitrogens with zero attached hydrogens (tertiary/aromatic N) is 2. The number of ether oxygens (including phenoxy) is 1. The van der Waals surface area contributed by atoms with E-state index in [0.717, 1.165) is 18.4 Å². The zero-order chi connectivity index (χ0) is 16.7. The van der Waals surface area contributed by atoms with Crippen LogP contribution >= 0.6 is 60.8 Å². The van der Waals surface area contributed by atoms with Crippen molar-refractivity contribution in [2.75, 3.05) is 0 Å². The Morgan fingerprint density at radius 3 is 2.57 bits per heavy atom. The molecule has 0 unspecified atom stereocenters. The normalized spacial score (nSPS) is 10.2. The molecular weight excluding hydrogens is 570 g/mol. The van der Waals surface area contributed by atoms with Crippen molar-refractivity contribution in [1.29, 1.82) is 0 Å². The minimum Gasteiger partial charge on any atom is -0.486 e. The highest BCUT2D eigenvalue weighted by Crippen LogP contribution is 2.38.